The molecule has 4 nitrogen and oxygen atoms in total. The van der Waals surface area contributed by atoms with Gasteiger partial charge >= 0.3 is 29.6 Å². The Kier molecular flexibility index (Phi) is 15.2. The van der Waals surface area contributed by atoms with Gasteiger partial charge in [0, 0.05) is 0 Å². The van der Waals surface area contributed by atoms with Gasteiger partial charge in [0.2, 0.25) is 10.4 Å². The van der Waals surface area contributed by atoms with Crippen LogP contribution in [-0.4, -0.2) is 19.1 Å². The Morgan fingerprint density at radius 2 is 1.50 bits per heavy atom. The van der Waals surface area contributed by atoms with Crippen molar-refractivity contribution >= 4 is 10.4 Å². The molecule has 0 amide bonds. The van der Waals surface area contributed by atoms with Crippen LogP contribution in [-0.2, 0) is 14.6 Å². The molecule has 0 saturated carbocycles. The van der Waals surface area contributed by atoms with Crippen LogP contribution in [0.2, 0.25) is 0 Å². The van der Waals surface area contributed by atoms with E-state index in [0.717, 1.165) is 19.3 Å². The molecule has 0 bridgehead atoms. The maximum absolute atomic E-state index is 10.5. The summed E-state index contributed by atoms with van der Waals surface area (Å²) in [6, 6.07) is 0. The average Bonchev–Trinajstić information content (AvgIpc) is 2.21. The van der Waals surface area contributed by atoms with E-state index in [-0.39, 0.29) is 29.6 Å². The first-order chi connectivity index (χ1) is 7.99. The summed E-state index contributed by atoms with van der Waals surface area (Å²) in [6.45, 7) is 4.12. The second-order valence-electron chi connectivity index (χ2n) is 4.47. The van der Waals surface area contributed by atoms with Crippen LogP contribution in [0, 0.1) is 0 Å². The predicted molar refractivity (Wildman–Crippen MR) is 67.5 cm³/mol. The Morgan fingerprint density at radius 1 is 0.944 bits per heavy atom. The first-order valence-corrected chi connectivity index (χ1v) is 7.97. The third kappa shape index (κ3) is 14.9. The standard InChI is InChI=1S/C12H26O4S.Na/c1-3-5-6-7-8-9-11-12(10-4-2)16-17(13,14)15;/h12H,3-11H2,1-2H3,(H,13,14,15);/q;+1/p-1. The SMILES string of the molecule is CCCCCCCCC(CCC)OS(=O)(=O)[O-].[Na+]. The summed E-state index contributed by atoms with van der Waals surface area (Å²) in [5.74, 6) is 0. The molecule has 0 aromatic heterocycles. The molecule has 6 heteroatoms. The molecule has 0 rings (SSSR count). The van der Waals surface area contributed by atoms with Gasteiger partial charge in [0.15, 0.2) is 0 Å². The summed E-state index contributed by atoms with van der Waals surface area (Å²) < 4.78 is 36.1. The van der Waals surface area contributed by atoms with Crippen LogP contribution in [0.4, 0.5) is 0 Å². The fourth-order valence-electron chi connectivity index (χ4n) is 1.88. The summed E-state index contributed by atoms with van der Waals surface area (Å²) >= 11 is 0. The van der Waals surface area contributed by atoms with Gasteiger partial charge in [-0.15, -0.1) is 0 Å². The Balaban J connectivity index is 0. The van der Waals surface area contributed by atoms with E-state index in [1.165, 1.54) is 25.7 Å². The Hall–Kier alpha value is 0.870. The van der Waals surface area contributed by atoms with Crippen LogP contribution in [0.1, 0.15) is 71.6 Å². The van der Waals surface area contributed by atoms with Gasteiger partial charge in [-0.05, 0) is 12.8 Å². The van der Waals surface area contributed by atoms with Gasteiger partial charge < -0.3 is 4.55 Å². The van der Waals surface area contributed by atoms with Crippen LogP contribution in [0.5, 0.6) is 0 Å². The van der Waals surface area contributed by atoms with E-state index in [1.807, 2.05) is 6.92 Å². The van der Waals surface area contributed by atoms with Gasteiger partial charge in [0.05, 0.1) is 6.10 Å². The summed E-state index contributed by atoms with van der Waals surface area (Å²) in [6.07, 6.45) is 8.61. The smallest absolute Gasteiger partial charge is 0.726 e. The predicted octanol–water partition coefficient (Wildman–Crippen LogP) is 0.387. The fourth-order valence-corrected chi connectivity index (χ4v) is 2.41. The molecule has 0 aromatic rings. The van der Waals surface area contributed by atoms with Gasteiger partial charge in [-0.1, -0.05) is 58.8 Å². The Bertz CT molecular complexity index is 267. The third-order valence-corrected chi connectivity index (χ3v) is 3.25. The van der Waals surface area contributed by atoms with Crippen molar-refractivity contribution < 1.29 is 46.7 Å². The van der Waals surface area contributed by atoms with Crippen molar-refractivity contribution in [3.63, 3.8) is 0 Å². The molecule has 0 aliphatic carbocycles. The first-order valence-electron chi connectivity index (χ1n) is 6.63. The second-order valence-corrected chi connectivity index (χ2v) is 5.48. The van der Waals surface area contributed by atoms with Gasteiger partial charge in [0.25, 0.3) is 0 Å². The van der Waals surface area contributed by atoms with Crippen molar-refractivity contribution in [3.05, 3.63) is 0 Å². The zero-order valence-corrected chi connectivity index (χ0v) is 14.8. The molecule has 0 aliphatic heterocycles. The maximum Gasteiger partial charge on any atom is 1.00 e. The Morgan fingerprint density at radius 3 is 2.00 bits per heavy atom. The van der Waals surface area contributed by atoms with Crippen molar-refractivity contribution in [1.29, 1.82) is 0 Å². The number of rotatable bonds is 11. The molecule has 1 unspecified atom stereocenters. The van der Waals surface area contributed by atoms with E-state index in [9.17, 15) is 13.0 Å². The largest absolute Gasteiger partial charge is 1.00 e. The molecular formula is C12H25NaO4S. The minimum atomic E-state index is -4.55. The monoisotopic (exact) mass is 288 g/mol. The van der Waals surface area contributed by atoms with Crippen molar-refractivity contribution in [2.75, 3.05) is 0 Å². The van der Waals surface area contributed by atoms with Gasteiger partial charge in [-0.2, -0.15) is 0 Å². The molecule has 0 saturated heterocycles. The summed E-state index contributed by atoms with van der Waals surface area (Å²) in [4.78, 5) is 0. The average molecular weight is 288 g/mol. The minimum Gasteiger partial charge on any atom is -0.726 e. The maximum atomic E-state index is 10.5. The zero-order valence-electron chi connectivity index (χ0n) is 12.0. The first kappa shape index (κ1) is 21.2. The quantitative estimate of drug-likeness (QED) is 0.239. The van der Waals surface area contributed by atoms with Crippen LogP contribution in [0.3, 0.4) is 0 Å². The van der Waals surface area contributed by atoms with Crippen molar-refractivity contribution in [3.8, 4) is 0 Å². The molecule has 0 N–H and O–H groups in total. The van der Waals surface area contributed by atoms with E-state index in [0.29, 0.717) is 12.8 Å². The van der Waals surface area contributed by atoms with Gasteiger partial charge in [0.1, 0.15) is 0 Å². The zero-order chi connectivity index (χ0) is 13.1. The van der Waals surface area contributed by atoms with E-state index >= 15 is 0 Å². The topological polar surface area (TPSA) is 66.4 Å². The Labute approximate surface area is 134 Å². The molecule has 0 aromatic carbocycles. The van der Waals surface area contributed by atoms with Crippen molar-refractivity contribution in [2.24, 2.45) is 0 Å². The van der Waals surface area contributed by atoms with Crippen LogP contribution in [0.15, 0.2) is 0 Å². The van der Waals surface area contributed by atoms with Crippen molar-refractivity contribution in [1.82, 2.24) is 0 Å². The molecular weight excluding hydrogens is 263 g/mol. The summed E-state index contributed by atoms with van der Waals surface area (Å²) in [5.41, 5.74) is 0. The van der Waals surface area contributed by atoms with Crippen LogP contribution < -0.4 is 29.6 Å². The molecule has 104 valence electrons. The minimum absolute atomic E-state index is 0. The van der Waals surface area contributed by atoms with Crippen LogP contribution >= 0.6 is 0 Å². The summed E-state index contributed by atoms with van der Waals surface area (Å²) in [5, 5.41) is 0. The number of hydrogen-bond donors (Lipinski definition) is 0. The van der Waals surface area contributed by atoms with Crippen molar-refractivity contribution in [2.45, 2.75) is 77.7 Å². The van der Waals surface area contributed by atoms with Gasteiger partial charge in [-0.3, -0.25) is 4.18 Å². The van der Waals surface area contributed by atoms with E-state index in [2.05, 4.69) is 11.1 Å². The third-order valence-electron chi connectivity index (χ3n) is 2.74. The summed E-state index contributed by atoms with van der Waals surface area (Å²) in [7, 11) is -4.55. The van der Waals surface area contributed by atoms with E-state index < -0.39 is 16.5 Å². The van der Waals surface area contributed by atoms with Crippen LogP contribution in [0.25, 0.3) is 0 Å². The number of hydrogen-bond acceptors (Lipinski definition) is 4. The molecule has 0 fully saturated rings. The van der Waals surface area contributed by atoms with E-state index in [1.54, 1.807) is 0 Å². The number of unbranched alkanes of at least 4 members (excludes halogenated alkanes) is 5. The van der Waals surface area contributed by atoms with E-state index in [4.69, 9.17) is 0 Å². The normalized spacial score (nSPS) is 13.1. The fraction of sp³-hybridized carbons (Fsp3) is 1.00. The van der Waals surface area contributed by atoms with Gasteiger partial charge in [-0.25, -0.2) is 8.42 Å². The molecule has 0 radical (unpaired) electrons. The molecule has 0 aliphatic rings. The molecule has 0 heterocycles. The molecule has 1 atom stereocenters. The molecule has 18 heavy (non-hydrogen) atoms. The molecule has 0 spiro atoms. The second kappa shape index (κ2) is 12.9.